The van der Waals surface area contributed by atoms with Crippen molar-refractivity contribution < 1.29 is 0 Å². The Hall–Kier alpha value is -10.6. The van der Waals surface area contributed by atoms with E-state index in [1.54, 1.807) is 36.1 Å². The second-order valence-corrected chi connectivity index (χ2v) is 18.5. The molecule has 3 heteroatoms. The molecule has 0 atom stereocenters. The first-order valence-electron chi connectivity index (χ1n) is 27.5. The van der Waals surface area contributed by atoms with Crippen LogP contribution in [-0.4, -0.2) is 9.97 Å². The minimum atomic E-state index is 1.28. The first-order chi connectivity index (χ1) is 41.3. The second kappa shape index (κ2) is 41.5. The third-order valence-corrected chi connectivity index (χ3v) is 12.3. The van der Waals surface area contributed by atoms with Gasteiger partial charge in [0.2, 0.25) is 0 Å². The first kappa shape index (κ1) is 61.6. The summed E-state index contributed by atoms with van der Waals surface area (Å²) in [5.74, 6) is 0. The Kier molecular flexibility index (Phi) is 30.8. The molecule has 0 aliphatic carbocycles. The van der Waals surface area contributed by atoms with Gasteiger partial charge in [-0.25, -0.2) is 0 Å². The van der Waals surface area contributed by atoms with Crippen molar-refractivity contribution in [2.75, 3.05) is 0 Å². The van der Waals surface area contributed by atoms with E-state index in [1.165, 1.54) is 54.6 Å². The van der Waals surface area contributed by atoms with Gasteiger partial charge in [0.15, 0.2) is 0 Å². The summed E-state index contributed by atoms with van der Waals surface area (Å²) in [7, 11) is 0. The minimum absolute atomic E-state index is 1.28. The summed E-state index contributed by atoms with van der Waals surface area (Å²) in [4.78, 5) is 7.57. The fraction of sp³-hybridized carbons (Fsp3) is 0. The Labute approximate surface area is 496 Å². The number of rotatable bonds is 2. The van der Waals surface area contributed by atoms with Crippen LogP contribution in [0.1, 0.15) is 0 Å². The van der Waals surface area contributed by atoms with Gasteiger partial charge < -0.3 is 0 Å². The number of nitrogens with zero attached hydrogens (tertiary/aromatic N) is 2. The fourth-order valence-electron chi connectivity index (χ4n) is 7.54. The highest BCUT2D eigenvalue weighted by Crippen LogP contribution is 2.19. The van der Waals surface area contributed by atoms with Gasteiger partial charge in [0.25, 0.3) is 0 Å². The zero-order chi connectivity index (χ0) is 57.4. The molecular formula is C80H70N2S. The van der Waals surface area contributed by atoms with E-state index < -0.39 is 0 Å². The Balaban J connectivity index is 0.000000150. The SMILES string of the molecule is c1ccc(-c2ccccc2)cc1.c1ccc(-c2ccccc2)cc1.c1ccc2ccccc2c1.c1ccc2ccccc2c1.c1ccc2ccccc2c1.c1ccccc1.c1ccccc1.c1ccncc1.c1ccncc1.c1ccsc1. The van der Waals surface area contributed by atoms with Gasteiger partial charge in [0.05, 0.1) is 0 Å². The Morgan fingerprint density at radius 1 is 0.145 bits per heavy atom. The van der Waals surface area contributed by atoms with Crippen molar-refractivity contribution in [2.45, 2.75) is 0 Å². The molecule has 406 valence electrons. The lowest BCUT2D eigenvalue weighted by molar-refractivity contribution is 1.33. The van der Waals surface area contributed by atoms with E-state index in [1.807, 2.05) is 156 Å². The molecule has 0 amide bonds. The summed E-state index contributed by atoms with van der Waals surface area (Å²) in [5, 5.41) is 11.9. The fourth-order valence-corrected chi connectivity index (χ4v) is 8.00. The number of fused-ring (bicyclic) bond motifs is 3. The molecule has 0 fully saturated rings. The predicted octanol–water partition coefficient (Wildman–Crippen LogP) is 22.5. The number of benzene rings is 12. The molecule has 83 heavy (non-hydrogen) atoms. The molecular weight excluding hydrogens is 1020 g/mol. The topological polar surface area (TPSA) is 25.8 Å². The molecule has 2 nitrogen and oxygen atoms in total. The average Bonchev–Trinajstić information content (AvgIpc) is 4.23. The van der Waals surface area contributed by atoms with Crippen molar-refractivity contribution in [3.63, 3.8) is 0 Å². The van der Waals surface area contributed by atoms with Gasteiger partial charge in [-0.2, -0.15) is 11.3 Å². The third-order valence-electron chi connectivity index (χ3n) is 11.6. The van der Waals surface area contributed by atoms with Gasteiger partial charge in [0, 0.05) is 24.8 Å². The van der Waals surface area contributed by atoms with Crippen LogP contribution < -0.4 is 0 Å². The first-order valence-corrected chi connectivity index (χ1v) is 28.5. The molecule has 0 aliphatic rings. The predicted molar refractivity (Wildman–Crippen MR) is 361 cm³/mol. The third kappa shape index (κ3) is 27.2. The molecule has 0 spiro atoms. The van der Waals surface area contributed by atoms with E-state index in [9.17, 15) is 0 Å². The zero-order valence-electron chi connectivity index (χ0n) is 46.7. The number of thiophene rings is 1. The highest BCUT2D eigenvalue weighted by atomic mass is 32.1. The van der Waals surface area contributed by atoms with E-state index in [0.29, 0.717) is 0 Å². The van der Waals surface area contributed by atoms with Gasteiger partial charge in [0.1, 0.15) is 0 Å². The highest BCUT2D eigenvalue weighted by molar-refractivity contribution is 7.07. The molecule has 0 saturated heterocycles. The standard InChI is InChI=1S/2C12H10.3C10H8.2C6H6.2C5H5N.C4H4S/c2*1-3-7-11(8-4-1)12-9-5-2-6-10-12;3*1-2-6-10-8-4-3-7-9(10)5-1;4*1-2-4-6-5-3-1;1-2-4-5-3-1/h2*1-10H;3*1-8H;2*1-6H;2*1-5H;1-4H. The number of aromatic nitrogens is 2. The monoisotopic (exact) mass is 1090 g/mol. The maximum absolute atomic E-state index is 3.78. The van der Waals surface area contributed by atoms with Gasteiger partial charge in [-0.1, -0.05) is 364 Å². The summed E-state index contributed by atoms with van der Waals surface area (Å²) in [6.45, 7) is 0. The molecule has 3 aromatic heterocycles. The van der Waals surface area contributed by atoms with Crippen LogP contribution in [0, 0.1) is 0 Å². The van der Waals surface area contributed by atoms with E-state index in [-0.39, 0.29) is 0 Å². The Morgan fingerprint density at radius 3 is 0.410 bits per heavy atom. The van der Waals surface area contributed by atoms with Crippen LogP contribution >= 0.6 is 11.3 Å². The van der Waals surface area contributed by atoms with Crippen LogP contribution in [-0.2, 0) is 0 Å². The molecule has 12 aromatic carbocycles. The lowest BCUT2D eigenvalue weighted by atomic mass is 10.1. The van der Waals surface area contributed by atoms with Crippen molar-refractivity contribution in [3.8, 4) is 22.3 Å². The lowest BCUT2D eigenvalue weighted by Crippen LogP contribution is -1.73. The molecule has 0 aliphatic heterocycles. The van der Waals surface area contributed by atoms with Crippen molar-refractivity contribution in [3.05, 3.63) is 424 Å². The van der Waals surface area contributed by atoms with E-state index in [4.69, 9.17) is 0 Å². The normalized spacial score (nSPS) is 9.20. The second-order valence-electron chi connectivity index (χ2n) is 17.7. The molecule has 3 heterocycles. The molecule has 0 N–H and O–H groups in total. The van der Waals surface area contributed by atoms with E-state index in [2.05, 4.69) is 253 Å². The van der Waals surface area contributed by atoms with Gasteiger partial charge >= 0.3 is 0 Å². The van der Waals surface area contributed by atoms with Crippen LogP contribution in [0.4, 0.5) is 0 Å². The number of hydrogen-bond acceptors (Lipinski definition) is 3. The molecule has 0 saturated carbocycles. The van der Waals surface area contributed by atoms with Crippen LogP contribution in [0.15, 0.2) is 424 Å². The quantitative estimate of drug-likeness (QED) is 0.172. The van der Waals surface area contributed by atoms with E-state index in [0.717, 1.165) is 0 Å². The molecule has 15 rings (SSSR count). The van der Waals surface area contributed by atoms with Crippen LogP contribution in [0.2, 0.25) is 0 Å². The summed E-state index contributed by atoms with van der Waals surface area (Å²) in [6.07, 6.45) is 7.00. The van der Waals surface area contributed by atoms with Crippen LogP contribution in [0.3, 0.4) is 0 Å². The van der Waals surface area contributed by atoms with Gasteiger partial charge in [-0.15, -0.1) is 0 Å². The largest absolute Gasteiger partial charge is 0.265 e. The zero-order valence-corrected chi connectivity index (χ0v) is 47.5. The number of hydrogen-bond donors (Lipinski definition) is 0. The maximum Gasteiger partial charge on any atom is 0.0267 e. The minimum Gasteiger partial charge on any atom is -0.265 e. The van der Waals surface area contributed by atoms with Gasteiger partial charge in [-0.05, 0) is 89.6 Å². The highest BCUT2D eigenvalue weighted by Gasteiger charge is 1.93. The van der Waals surface area contributed by atoms with Crippen molar-refractivity contribution >= 4 is 43.7 Å². The van der Waals surface area contributed by atoms with E-state index >= 15 is 0 Å². The summed E-state index contributed by atoms with van der Waals surface area (Å²) in [5.41, 5.74) is 5.10. The van der Waals surface area contributed by atoms with Crippen molar-refractivity contribution in [1.82, 2.24) is 9.97 Å². The molecule has 0 unspecified atom stereocenters. The van der Waals surface area contributed by atoms with Crippen LogP contribution in [0.5, 0.6) is 0 Å². The molecule has 0 radical (unpaired) electrons. The van der Waals surface area contributed by atoms with Crippen LogP contribution in [0.25, 0.3) is 54.6 Å². The Morgan fingerprint density at radius 2 is 0.289 bits per heavy atom. The lowest BCUT2D eigenvalue weighted by Gasteiger charge is -1.98. The summed E-state index contributed by atoms with van der Waals surface area (Å²) in [6, 6.07) is 131. The van der Waals surface area contributed by atoms with Gasteiger partial charge in [-0.3, -0.25) is 9.97 Å². The maximum atomic E-state index is 3.78. The molecule has 15 aromatic rings. The van der Waals surface area contributed by atoms with Crippen molar-refractivity contribution in [1.29, 1.82) is 0 Å². The summed E-state index contributed by atoms with van der Waals surface area (Å²) < 4.78 is 0. The summed E-state index contributed by atoms with van der Waals surface area (Å²) >= 11 is 1.71. The Bertz CT molecular complexity index is 3050. The molecule has 0 bridgehead atoms. The number of pyridine rings is 2. The average molecular weight is 1090 g/mol. The van der Waals surface area contributed by atoms with Crippen molar-refractivity contribution in [2.24, 2.45) is 0 Å². The smallest absolute Gasteiger partial charge is 0.0267 e.